The molecule has 0 aliphatic heterocycles. The smallest absolute Gasteiger partial charge is 0.137 e. The second kappa shape index (κ2) is 4.21. The van der Waals surface area contributed by atoms with Gasteiger partial charge in [0, 0.05) is 4.47 Å². The van der Waals surface area contributed by atoms with Crippen LogP contribution >= 0.6 is 15.9 Å². The first-order chi connectivity index (χ1) is 7.16. The molecule has 0 amide bonds. The maximum absolute atomic E-state index is 9.99. The highest BCUT2D eigenvalue weighted by atomic mass is 79.9. The normalized spacial score (nSPS) is 12.7. The summed E-state index contributed by atoms with van der Waals surface area (Å²) >= 11 is 3.35. The Morgan fingerprint density at radius 3 is 2.33 bits per heavy atom. The minimum Gasteiger partial charge on any atom is -0.463 e. The number of furan rings is 1. The molecule has 3 heteroatoms. The van der Waals surface area contributed by atoms with E-state index in [1.54, 1.807) is 6.07 Å². The summed E-state index contributed by atoms with van der Waals surface area (Å²) in [5.41, 5.74) is 0.826. The lowest BCUT2D eigenvalue weighted by Gasteiger charge is -2.07. The first-order valence-corrected chi connectivity index (χ1v) is 5.46. The van der Waals surface area contributed by atoms with Crippen LogP contribution < -0.4 is 0 Å². The van der Waals surface area contributed by atoms with Crippen LogP contribution in [0, 0.1) is 6.92 Å². The molecule has 0 radical (unpaired) electrons. The standard InChI is InChI=1S/C12H11BrO2/c1-8-2-7-11(15-8)12(14)9-3-5-10(13)6-4-9/h2-7,12,14H,1H3. The van der Waals surface area contributed by atoms with Crippen molar-refractivity contribution >= 4 is 15.9 Å². The Morgan fingerprint density at radius 2 is 1.80 bits per heavy atom. The highest BCUT2D eigenvalue weighted by Crippen LogP contribution is 2.24. The Morgan fingerprint density at radius 1 is 1.13 bits per heavy atom. The molecular weight excluding hydrogens is 256 g/mol. The zero-order valence-electron chi connectivity index (χ0n) is 8.27. The largest absolute Gasteiger partial charge is 0.463 e. The average Bonchev–Trinajstić information content (AvgIpc) is 2.65. The predicted molar refractivity (Wildman–Crippen MR) is 61.6 cm³/mol. The van der Waals surface area contributed by atoms with Gasteiger partial charge in [0.2, 0.25) is 0 Å². The third-order valence-corrected chi connectivity index (χ3v) is 2.75. The molecule has 0 aliphatic rings. The fourth-order valence-electron chi connectivity index (χ4n) is 1.41. The molecule has 0 aliphatic carbocycles. The molecule has 0 bridgehead atoms. The van der Waals surface area contributed by atoms with E-state index in [1.807, 2.05) is 37.3 Å². The Labute approximate surface area is 96.7 Å². The van der Waals surface area contributed by atoms with Crippen LogP contribution in [0.25, 0.3) is 0 Å². The fourth-order valence-corrected chi connectivity index (χ4v) is 1.67. The summed E-state index contributed by atoms with van der Waals surface area (Å²) in [6.07, 6.45) is -0.688. The Balaban J connectivity index is 2.28. The molecule has 0 saturated heterocycles. The van der Waals surface area contributed by atoms with Crippen LogP contribution in [0.3, 0.4) is 0 Å². The van der Waals surface area contributed by atoms with Crippen molar-refractivity contribution in [2.75, 3.05) is 0 Å². The quantitative estimate of drug-likeness (QED) is 0.904. The maximum atomic E-state index is 9.99. The van der Waals surface area contributed by atoms with E-state index in [2.05, 4.69) is 15.9 Å². The van der Waals surface area contributed by atoms with E-state index in [4.69, 9.17) is 4.42 Å². The van der Waals surface area contributed by atoms with Crippen molar-refractivity contribution in [3.05, 3.63) is 58.0 Å². The van der Waals surface area contributed by atoms with Gasteiger partial charge in [0.05, 0.1) is 0 Å². The number of benzene rings is 1. The van der Waals surface area contributed by atoms with Crippen LogP contribution in [0.4, 0.5) is 0 Å². The second-order valence-electron chi connectivity index (χ2n) is 3.40. The number of hydrogen-bond donors (Lipinski definition) is 1. The van der Waals surface area contributed by atoms with Crippen molar-refractivity contribution in [1.82, 2.24) is 0 Å². The minimum atomic E-state index is -0.688. The van der Waals surface area contributed by atoms with Crippen molar-refractivity contribution in [3.8, 4) is 0 Å². The van der Waals surface area contributed by atoms with Crippen LogP contribution in [-0.4, -0.2) is 5.11 Å². The molecule has 1 N–H and O–H groups in total. The lowest BCUT2D eigenvalue weighted by Crippen LogP contribution is -1.97. The summed E-state index contributed by atoms with van der Waals surface area (Å²) in [6, 6.07) is 11.2. The second-order valence-corrected chi connectivity index (χ2v) is 4.32. The van der Waals surface area contributed by atoms with Gasteiger partial charge in [-0.25, -0.2) is 0 Å². The number of aryl methyl sites for hydroxylation is 1. The van der Waals surface area contributed by atoms with E-state index >= 15 is 0 Å². The van der Waals surface area contributed by atoms with Gasteiger partial charge in [0.15, 0.2) is 0 Å². The van der Waals surface area contributed by atoms with Gasteiger partial charge < -0.3 is 9.52 Å². The topological polar surface area (TPSA) is 33.4 Å². The van der Waals surface area contributed by atoms with Crippen molar-refractivity contribution in [2.45, 2.75) is 13.0 Å². The number of rotatable bonds is 2. The molecule has 1 aromatic heterocycles. The molecule has 2 rings (SSSR count). The third-order valence-electron chi connectivity index (χ3n) is 2.22. The number of aliphatic hydroxyl groups is 1. The molecular formula is C12H11BrO2. The first kappa shape index (κ1) is 10.5. The van der Waals surface area contributed by atoms with E-state index in [0.717, 1.165) is 15.8 Å². The summed E-state index contributed by atoms with van der Waals surface area (Å²) in [7, 11) is 0. The van der Waals surface area contributed by atoms with E-state index in [0.29, 0.717) is 5.76 Å². The summed E-state index contributed by atoms with van der Waals surface area (Å²) in [4.78, 5) is 0. The molecule has 1 heterocycles. The SMILES string of the molecule is Cc1ccc(C(O)c2ccc(Br)cc2)o1. The van der Waals surface area contributed by atoms with Crippen molar-refractivity contribution in [1.29, 1.82) is 0 Å². The van der Waals surface area contributed by atoms with Gasteiger partial charge in [0.1, 0.15) is 17.6 Å². The molecule has 1 atom stereocenters. The van der Waals surface area contributed by atoms with Gasteiger partial charge in [-0.05, 0) is 36.8 Å². The number of hydrogen-bond acceptors (Lipinski definition) is 2. The van der Waals surface area contributed by atoms with Crippen molar-refractivity contribution in [2.24, 2.45) is 0 Å². The van der Waals surface area contributed by atoms with E-state index in [-0.39, 0.29) is 0 Å². The van der Waals surface area contributed by atoms with Gasteiger partial charge >= 0.3 is 0 Å². The summed E-state index contributed by atoms with van der Waals surface area (Å²) in [6.45, 7) is 1.86. The van der Waals surface area contributed by atoms with Gasteiger partial charge in [-0.15, -0.1) is 0 Å². The highest BCUT2D eigenvalue weighted by molar-refractivity contribution is 9.10. The molecule has 2 nitrogen and oxygen atoms in total. The molecule has 2 aromatic rings. The van der Waals surface area contributed by atoms with E-state index in [1.165, 1.54) is 0 Å². The molecule has 15 heavy (non-hydrogen) atoms. The zero-order valence-corrected chi connectivity index (χ0v) is 9.86. The van der Waals surface area contributed by atoms with Crippen molar-refractivity contribution < 1.29 is 9.52 Å². The average molecular weight is 267 g/mol. The molecule has 0 spiro atoms. The molecule has 1 aromatic carbocycles. The van der Waals surface area contributed by atoms with Gasteiger partial charge in [-0.1, -0.05) is 28.1 Å². The number of halogens is 1. The van der Waals surface area contributed by atoms with Crippen LogP contribution in [0.2, 0.25) is 0 Å². The maximum Gasteiger partial charge on any atom is 0.137 e. The van der Waals surface area contributed by atoms with Crippen LogP contribution in [-0.2, 0) is 0 Å². The Bertz CT molecular complexity index is 445. The van der Waals surface area contributed by atoms with Gasteiger partial charge in [-0.3, -0.25) is 0 Å². The fraction of sp³-hybridized carbons (Fsp3) is 0.167. The van der Waals surface area contributed by atoms with E-state index < -0.39 is 6.10 Å². The lowest BCUT2D eigenvalue weighted by atomic mass is 10.1. The van der Waals surface area contributed by atoms with Crippen molar-refractivity contribution in [3.63, 3.8) is 0 Å². The highest BCUT2D eigenvalue weighted by Gasteiger charge is 2.13. The van der Waals surface area contributed by atoms with Crippen LogP contribution in [0.15, 0.2) is 45.3 Å². The first-order valence-electron chi connectivity index (χ1n) is 4.66. The zero-order chi connectivity index (χ0) is 10.8. The summed E-state index contributed by atoms with van der Waals surface area (Å²) in [5.74, 6) is 1.39. The summed E-state index contributed by atoms with van der Waals surface area (Å²) in [5, 5.41) is 9.99. The lowest BCUT2D eigenvalue weighted by molar-refractivity contribution is 0.187. The van der Waals surface area contributed by atoms with Crippen LogP contribution in [0.5, 0.6) is 0 Å². The summed E-state index contributed by atoms with van der Waals surface area (Å²) < 4.78 is 6.36. The Kier molecular flexibility index (Phi) is 2.93. The molecule has 0 saturated carbocycles. The molecule has 78 valence electrons. The third kappa shape index (κ3) is 2.30. The van der Waals surface area contributed by atoms with Gasteiger partial charge in [-0.2, -0.15) is 0 Å². The minimum absolute atomic E-state index is 0.579. The van der Waals surface area contributed by atoms with Gasteiger partial charge in [0.25, 0.3) is 0 Å². The molecule has 0 fully saturated rings. The molecule has 1 unspecified atom stereocenters. The van der Waals surface area contributed by atoms with Crippen LogP contribution in [0.1, 0.15) is 23.2 Å². The Hall–Kier alpha value is -1.06. The number of aliphatic hydroxyl groups excluding tert-OH is 1. The predicted octanol–water partition coefficient (Wildman–Crippen LogP) is 3.43. The monoisotopic (exact) mass is 266 g/mol. The van der Waals surface area contributed by atoms with E-state index in [9.17, 15) is 5.11 Å².